The summed E-state index contributed by atoms with van der Waals surface area (Å²) in [7, 11) is 2.03. The molecular formula is C16H23N3O2S. The second-order valence-electron chi connectivity index (χ2n) is 6.03. The molecule has 0 aliphatic carbocycles. The van der Waals surface area contributed by atoms with Crippen LogP contribution in [0.25, 0.3) is 0 Å². The molecule has 0 aromatic carbocycles. The second kappa shape index (κ2) is 6.77. The van der Waals surface area contributed by atoms with Gasteiger partial charge in [0, 0.05) is 37.8 Å². The predicted molar refractivity (Wildman–Crippen MR) is 87.8 cm³/mol. The van der Waals surface area contributed by atoms with Crippen LogP contribution >= 0.6 is 11.8 Å². The van der Waals surface area contributed by atoms with Gasteiger partial charge in [0.15, 0.2) is 0 Å². The van der Waals surface area contributed by atoms with Crippen molar-refractivity contribution < 1.29 is 9.59 Å². The Morgan fingerprint density at radius 3 is 2.86 bits per heavy atom. The number of amides is 2. The van der Waals surface area contributed by atoms with Crippen molar-refractivity contribution in [2.75, 3.05) is 25.4 Å². The first kappa shape index (κ1) is 15.5. The number of rotatable bonds is 3. The van der Waals surface area contributed by atoms with E-state index < -0.39 is 0 Å². The van der Waals surface area contributed by atoms with E-state index in [1.807, 2.05) is 24.2 Å². The average Bonchev–Trinajstić information content (AvgIpc) is 3.00. The number of carbonyl (C=O) groups excluding carboxylic acids is 2. The molecule has 1 aromatic heterocycles. The monoisotopic (exact) mass is 321 g/mol. The van der Waals surface area contributed by atoms with Crippen molar-refractivity contribution in [2.24, 2.45) is 7.05 Å². The summed E-state index contributed by atoms with van der Waals surface area (Å²) in [5, 5.41) is 0.0404. The molecule has 120 valence electrons. The zero-order valence-electron chi connectivity index (χ0n) is 13.0. The topological polar surface area (TPSA) is 45.6 Å². The summed E-state index contributed by atoms with van der Waals surface area (Å²) in [6.07, 6.45) is 6.41. The van der Waals surface area contributed by atoms with Gasteiger partial charge in [0.2, 0.25) is 5.91 Å². The van der Waals surface area contributed by atoms with Crippen LogP contribution in [0, 0.1) is 0 Å². The predicted octanol–water partition coefficient (Wildman–Crippen LogP) is 2.64. The fraction of sp³-hybridized carbons (Fsp3) is 0.625. The number of hydrogen-bond donors (Lipinski definition) is 0. The van der Waals surface area contributed by atoms with E-state index in [1.54, 1.807) is 4.90 Å². The number of likely N-dealkylation sites (tertiary alicyclic amines) is 1. The molecule has 0 spiro atoms. The minimum absolute atomic E-state index is 0.0404. The van der Waals surface area contributed by atoms with Crippen LogP contribution in [0.15, 0.2) is 18.3 Å². The normalized spacial score (nSPS) is 23.0. The highest BCUT2D eigenvalue weighted by molar-refractivity contribution is 8.13. The minimum atomic E-state index is 0.0404. The van der Waals surface area contributed by atoms with Crippen LogP contribution in [0.1, 0.15) is 37.4 Å². The third-order valence-corrected chi connectivity index (χ3v) is 5.46. The molecule has 2 aliphatic rings. The smallest absolute Gasteiger partial charge is 0.282 e. The van der Waals surface area contributed by atoms with E-state index in [2.05, 4.69) is 10.6 Å². The first-order chi connectivity index (χ1) is 10.7. The van der Waals surface area contributed by atoms with Crippen LogP contribution in [0.3, 0.4) is 0 Å². The molecule has 3 heterocycles. The third-order valence-electron chi connectivity index (χ3n) is 4.57. The summed E-state index contributed by atoms with van der Waals surface area (Å²) in [5.74, 6) is 0.886. The number of carbonyl (C=O) groups is 2. The summed E-state index contributed by atoms with van der Waals surface area (Å²) in [6.45, 7) is 1.72. The van der Waals surface area contributed by atoms with Gasteiger partial charge in [-0.3, -0.25) is 9.59 Å². The van der Waals surface area contributed by atoms with Gasteiger partial charge in [0.1, 0.15) is 6.54 Å². The zero-order chi connectivity index (χ0) is 15.5. The van der Waals surface area contributed by atoms with Gasteiger partial charge in [-0.25, -0.2) is 0 Å². The van der Waals surface area contributed by atoms with Gasteiger partial charge in [0.05, 0.1) is 6.04 Å². The Bertz CT molecular complexity index is 557. The Labute approximate surface area is 135 Å². The summed E-state index contributed by atoms with van der Waals surface area (Å²) in [6, 6.07) is 4.27. The summed E-state index contributed by atoms with van der Waals surface area (Å²) in [4.78, 5) is 28.2. The molecule has 1 aromatic rings. The molecule has 1 atom stereocenters. The maximum atomic E-state index is 12.8. The van der Waals surface area contributed by atoms with Crippen LogP contribution in [0.4, 0.5) is 4.79 Å². The van der Waals surface area contributed by atoms with Gasteiger partial charge in [-0.05, 0) is 25.0 Å². The van der Waals surface area contributed by atoms with Crippen LogP contribution in [-0.2, 0) is 11.8 Å². The molecule has 5 nitrogen and oxygen atoms in total. The standard InChI is InChI=1S/C16H23N3O2S/c1-17-8-5-7-13(17)14-6-3-2-4-9-19(14)15(20)12-18-10-11-22-16(18)21/h5,7-8,14H,2-4,6,9-12H2,1H3/t14-/m0/s1. The van der Waals surface area contributed by atoms with Crippen LogP contribution in [-0.4, -0.2) is 50.9 Å². The van der Waals surface area contributed by atoms with Crippen molar-refractivity contribution in [3.63, 3.8) is 0 Å². The lowest BCUT2D eigenvalue weighted by atomic mass is 10.1. The van der Waals surface area contributed by atoms with Crippen LogP contribution in [0.5, 0.6) is 0 Å². The van der Waals surface area contributed by atoms with Crippen molar-refractivity contribution in [3.05, 3.63) is 24.0 Å². The van der Waals surface area contributed by atoms with Crippen molar-refractivity contribution in [1.82, 2.24) is 14.4 Å². The molecule has 2 amide bonds. The molecule has 2 fully saturated rings. The average molecular weight is 321 g/mol. The zero-order valence-corrected chi connectivity index (χ0v) is 13.8. The van der Waals surface area contributed by atoms with Crippen molar-refractivity contribution >= 4 is 22.9 Å². The Morgan fingerprint density at radius 2 is 2.18 bits per heavy atom. The third kappa shape index (κ3) is 3.16. The molecule has 0 radical (unpaired) electrons. The lowest BCUT2D eigenvalue weighted by Gasteiger charge is -2.32. The van der Waals surface area contributed by atoms with E-state index in [-0.39, 0.29) is 23.7 Å². The van der Waals surface area contributed by atoms with Gasteiger partial charge >= 0.3 is 0 Å². The van der Waals surface area contributed by atoms with E-state index in [1.165, 1.54) is 23.9 Å². The van der Waals surface area contributed by atoms with E-state index >= 15 is 0 Å². The van der Waals surface area contributed by atoms with Gasteiger partial charge in [-0.1, -0.05) is 24.6 Å². The highest BCUT2D eigenvalue weighted by atomic mass is 32.2. The van der Waals surface area contributed by atoms with Gasteiger partial charge < -0.3 is 14.4 Å². The van der Waals surface area contributed by atoms with Gasteiger partial charge in [-0.15, -0.1) is 0 Å². The van der Waals surface area contributed by atoms with Crippen molar-refractivity contribution in [1.29, 1.82) is 0 Å². The van der Waals surface area contributed by atoms with E-state index in [9.17, 15) is 9.59 Å². The molecule has 6 heteroatoms. The first-order valence-corrected chi connectivity index (χ1v) is 8.98. The first-order valence-electron chi connectivity index (χ1n) is 7.99. The maximum Gasteiger partial charge on any atom is 0.282 e. The lowest BCUT2D eigenvalue weighted by Crippen LogP contribution is -2.42. The molecule has 22 heavy (non-hydrogen) atoms. The van der Waals surface area contributed by atoms with Crippen LogP contribution in [0.2, 0.25) is 0 Å². The minimum Gasteiger partial charge on any atom is -0.353 e. The van der Waals surface area contributed by atoms with E-state index in [0.29, 0.717) is 6.54 Å². The highest BCUT2D eigenvalue weighted by Gasteiger charge is 2.31. The number of aromatic nitrogens is 1. The number of hydrogen-bond acceptors (Lipinski definition) is 3. The Morgan fingerprint density at radius 1 is 1.32 bits per heavy atom. The highest BCUT2D eigenvalue weighted by Crippen LogP contribution is 2.30. The fourth-order valence-corrected chi connectivity index (χ4v) is 4.18. The molecule has 2 saturated heterocycles. The summed E-state index contributed by atoms with van der Waals surface area (Å²) in [5.41, 5.74) is 1.19. The number of nitrogens with zero attached hydrogens (tertiary/aromatic N) is 3. The molecular weight excluding hydrogens is 298 g/mol. The quantitative estimate of drug-likeness (QED) is 0.860. The number of thioether (sulfide) groups is 1. The Hall–Kier alpha value is -1.43. The molecule has 2 aliphatic heterocycles. The second-order valence-corrected chi connectivity index (χ2v) is 7.08. The van der Waals surface area contributed by atoms with Crippen molar-refractivity contribution in [2.45, 2.75) is 31.7 Å². The fourth-order valence-electron chi connectivity index (χ4n) is 3.36. The number of aryl methyl sites for hydroxylation is 1. The Kier molecular flexibility index (Phi) is 4.76. The van der Waals surface area contributed by atoms with E-state index in [4.69, 9.17) is 0 Å². The SMILES string of the molecule is Cn1cccc1[C@@H]1CCCCCN1C(=O)CN1CCSC1=O. The summed E-state index contributed by atoms with van der Waals surface area (Å²) >= 11 is 1.31. The molecule has 0 unspecified atom stereocenters. The van der Waals surface area contributed by atoms with Gasteiger partial charge in [0.25, 0.3) is 5.24 Å². The molecule has 0 saturated carbocycles. The van der Waals surface area contributed by atoms with Gasteiger partial charge in [-0.2, -0.15) is 0 Å². The Balaban J connectivity index is 1.76. The lowest BCUT2D eigenvalue weighted by molar-refractivity contribution is -0.134. The largest absolute Gasteiger partial charge is 0.353 e. The molecule has 0 bridgehead atoms. The van der Waals surface area contributed by atoms with E-state index in [0.717, 1.165) is 31.6 Å². The molecule has 0 N–H and O–H groups in total. The summed E-state index contributed by atoms with van der Waals surface area (Å²) < 4.78 is 2.10. The molecule has 3 rings (SSSR count). The van der Waals surface area contributed by atoms with Crippen LogP contribution < -0.4 is 0 Å². The maximum absolute atomic E-state index is 12.8. The van der Waals surface area contributed by atoms with Crippen molar-refractivity contribution in [3.8, 4) is 0 Å².